The topological polar surface area (TPSA) is 55.9 Å². The van der Waals surface area contributed by atoms with Gasteiger partial charge >= 0.3 is 6.03 Å². The second-order valence-corrected chi connectivity index (χ2v) is 6.85. The van der Waals surface area contributed by atoms with Gasteiger partial charge in [-0.15, -0.1) is 0 Å². The van der Waals surface area contributed by atoms with E-state index >= 15 is 0 Å². The molecular weight excluding hydrogens is 312 g/mol. The second-order valence-electron chi connectivity index (χ2n) is 6.07. The first-order valence-corrected chi connectivity index (χ1v) is 8.90. The van der Waals surface area contributed by atoms with Crippen LogP contribution in [0.1, 0.15) is 24.9 Å². The Morgan fingerprint density at radius 3 is 2.57 bits per heavy atom. The number of nitrogens with zero attached hydrogens (tertiary/aromatic N) is 3. The first-order valence-electron chi connectivity index (χ1n) is 7.96. The first-order chi connectivity index (χ1) is 11.0. The summed E-state index contributed by atoms with van der Waals surface area (Å²) in [6, 6.07) is 2.22. The van der Waals surface area contributed by atoms with Gasteiger partial charge in [-0.2, -0.15) is 11.3 Å². The highest BCUT2D eigenvalue weighted by Crippen LogP contribution is 2.20. The summed E-state index contributed by atoms with van der Waals surface area (Å²) in [5.41, 5.74) is 1.22. The van der Waals surface area contributed by atoms with Crippen molar-refractivity contribution in [3.8, 4) is 0 Å². The van der Waals surface area contributed by atoms with Crippen LogP contribution < -0.4 is 5.32 Å². The van der Waals surface area contributed by atoms with Gasteiger partial charge in [0.15, 0.2) is 0 Å². The molecule has 0 radical (unpaired) electrons. The Morgan fingerprint density at radius 1 is 1.26 bits per heavy atom. The molecule has 0 bridgehead atoms. The molecule has 0 saturated carbocycles. The van der Waals surface area contributed by atoms with Gasteiger partial charge in [0.05, 0.1) is 6.04 Å². The van der Waals surface area contributed by atoms with Crippen LogP contribution in [0.4, 0.5) is 4.79 Å². The van der Waals surface area contributed by atoms with Crippen LogP contribution in [0.5, 0.6) is 0 Å². The van der Waals surface area contributed by atoms with Gasteiger partial charge in [0, 0.05) is 39.6 Å². The molecule has 1 unspecified atom stereocenters. The standard InChI is InChI=1S/C16H26N4O2S/c1-13(21)19-6-4-7-20(9-8-19)16(22)17-11-15(18(2)3)14-5-10-23-12-14/h5,10,12,15H,4,6-9,11H2,1-3H3,(H,17,22). The van der Waals surface area contributed by atoms with Gasteiger partial charge in [-0.25, -0.2) is 4.79 Å². The van der Waals surface area contributed by atoms with Crippen molar-refractivity contribution in [2.45, 2.75) is 19.4 Å². The second kappa shape index (κ2) is 8.31. The average Bonchev–Trinajstić information content (AvgIpc) is 2.89. The van der Waals surface area contributed by atoms with Gasteiger partial charge in [-0.3, -0.25) is 4.79 Å². The Morgan fingerprint density at radius 2 is 1.96 bits per heavy atom. The summed E-state index contributed by atoms with van der Waals surface area (Å²) in [4.78, 5) is 29.6. The molecule has 7 heteroatoms. The molecule has 6 nitrogen and oxygen atoms in total. The third-order valence-electron chi connectivity index (χ3n) is 4.23. The van der Waals surface area contributed by atoms with Crippen molar-refractivity contribution in [3.63, 3.8) is 0 Å². The summed E-state index contributed by atoms with van der Waals surface area (Å²) in [6.45, 7) is 4.80. The Labute approximate surface area is 142 Å². The number of urea groups is 1. The predicted molar refractivity (Wildman–Crippen MR) is 92.6 cm³/mol. The number of nitrogens with one attached hydrogen (secondary N) is 1. The summed E-state index contributed by atoms with van der Waals surface area (Å²) in [5.74, 6) is 0.0809. The number of hydrogen-bond donors (Lipinski definition) is 1. The number of thiophene rings is 1. The molecule has 1 aromatic heterocycles. The fourth-order valence-corrected chi connectivity index (χ4v) is 3.50. The minimum Gasteiger partial charge on any atom is -0.341 e. The molecule has 128 valence electrons. The van der Waals surface area contributed by atoms with Gasteiger partial charge < -0.3 is 20.0 Å². The van der Waals surface area contributed by atoms with E-state index in [0.29, 0.717) is 26.2 Å². The van der Waals surface area contributed by atoms with Crippen LogP contribution in [-0.2, 0) is 4.79 Å². The molecule has 1 aliphatic rings. The Kier molecular flexibility index (Phi) is 6.41. The Bertz CT molecular complexity index is 518. The van der Waals surface area contributed by atoms with E-state index in [9.17, 15) is 9.59 Å². The molecule has 1 atom stereocenters. The fourth-order valence-electron chi connectivity index (χ4n) is 2.79. The van der Waals surface area contributed by atoms with Crippen LogP contribution >= 0.6 is 11.3 Å². The number of hydrogen-bond acceptors (Lipinski definition) is 4. The number of likely N-dealkylation sites (N-methyl/N-ethyl adjacent to an activating group) is 1. The lowest BCUT2D eigenvalue weighted by Crippen LogP contribution is -2.44. The zero-order valence-corrected chi connectivity index (χ0v) is 14.9. The van der Waals surface area contributed by atoms with Gasteiger partial charge in [-0.05, 0) is 42.9 Å². The smallest absolute Gasteiger partial charge is 0.317 e. The molecule has 3 amide bonds. The Hall–Kier alpha value is -1.60. The predicted octanol–water partition coefficient (Wildman–Crippen LogP) is 1.61. The first kappa shape index (κ1) is 17.7. The van der Waals surface area contributed by atoms with Crippen molar-refractivity contribution >= 4 is 23.3 Å². The molecule has 23 heavy (non-hydrogen) atoms. The zero-order valence-electron chi connectivity index (χ0n) is 14.1. The maximum absolute atomic E-state index is 12.4. The maximum Gasteiger partial charge on any atom is 0.317 e. The van der Waals surface area contributed by atoms with Gasteiger partial charge in [0.2, 0.25) is 5.91 Å². The molecule has 0 spiro atoms. The lowest BCUT2D eigenvalue weighted by Gasteiger charge is -2.26. The van der Waals surface area contributed by atoms with Crippen molar-refractivity contribution < 1.29 is 9.59 Å². The number of rotatable bonds is 4. The third kappa shape index (κ3) is 4.94. The third-order valence-corrected chi connectivity index (χ3v) is 4.93. The van der Waals surface area contributed by atoms with Crippen LogP contribution in [0.15, 0.2) is 16.8 Å². The molecule has 1 aromatic rings. The summed E-state index contributed by atoms with van der Waals surface area (Å²) < 4.78 is 0. The highest BCUT2D eigenvalue weighted by molar-refractivity contribution is 7.07. The molecule has 0 aliphatic carbocycles. The molecule has 1 aliphatic heterocycles. The van der Waals surface area contributed by atoms with E-state index in [0.717, 1.165) is 13.0 Å². The van der Waals surface area contributed by atoms with E-state index in [-0.39, 0.29) is 18.0 Å². The molecular formula is C16H26N4O2S. The quantitative estimate of drug-likeness (QED) is 0.907. The molecule has 0 aromatic carbocycles. The monoisotopic (exact) mass is 338 g/mol. The van der Waals surface area contributed by atoms with E-state index < -0.39 is 0 Å². The highest BCUT2D eigenvalue weighted by Gasteiger charge is 2.22. The molecule has 2 rings (SSSR count). The lowest BCUT2D eigenvalue weighted by molar-refractivity contribution is -0.128. The Balaban J connectivity index is 1.87. The summed E-state index contributed by atoms with van der Waals surface area (Å²) in [6.07, 6.45) is 0.828. The van der Waals surface area contributed by atoms with Crippen molar-refractivity contribution in [2.24, 2.45) is 0 Å². The summed E-state index contributed by atoms with van der Waals surface area (Å²) in [5, 5.41) is 7.21. The normalized spacial score (nSPS) is 17.0. The van der Waals surface area contributed by atoms with Crippen LogP contribution in [0.2, 0.25) is 0 Å². The average molecular weight is 338 g/mol. The summed E-state index contributed by atoms with van der Waals surface area (Å²) in [7, 11) is 4.04. The highest BCUT2D eigenvalue weighted by atomic mass is 32.1. The number of carbonyl (C=O) groups excluding carboxylic acids is 2. The SMILES string of the molecule is CC(=O)N1CCCN(C(=O)NCC(c2ccsc2)N(C)C)CC1. The number of amides is 3. The van der Waals surface area contributed by atoms with Crippen molar-refractivity contribution in [3.05, 3.63) is 22.4 Å². The molecule has 1 N–H and O–H groups in total. The lowest BCUT2D eigenvalue weighted by atomic mass is 10.1. The fraction of sp³-hybridized carbons (Fsp3) is 0.625. The molecule has 2 heterocycles. The van der Waals surface area contributed by atoms with Crippen molar-refractivity contribution in [2.75, 3.05) is 46.8 Å². The largest absolute Gasteiger partial charge is 0.341 e. The van der Waals surface area contributed by atoms with Gasteiger partial charge in [0.25, 0.3) is 0 Å². The number of carbonyl (C=O) groups is 2. The van der Waals surface area contributed by atoms with E-state index in [4.69, 9.17) is 0 Å². The van der Waals surface area contributed by atoms with Crippen LogP contribution in [0, 0.1) is 0 Å². The van der Waals surface area contributed by atoms with E-state index in [1.54, 1.807) is 23.2 Å². The zero-order chi connectivity index (χ0) is 16.8. The van der Waals surface area contributed by atoms with Crippen molar-refractivity contribution in [1.29, 1.82) is 0 Å². The maximum atomic E-state index is 12.4. The minimum absolute atomic E-state index is 0.0440. The molecule has 1 fully saturated rings. The van der Waals surface area contributed by atoms with Gasteiger partial charge in [0.1, 0.15) is 0 Å². The van der Waals surface area contributed by atoms with Gasteiger partial charge in [-0.1, -0.05) is 0 Å². The minimum atomic E-state index is -0.0440. The van der Waals surface area contributed by atoms with Crippen LogP contribution in [0.25, 0.3) is 0 Å². The van der Waals surface area contributed by atoms with E-state index in [1.165, 1.54) is 5.56 Å². The van der Waals surface area contributed by atoms with Crippen LogP contribution in [-0.4, -0.2) is 73.5 Å². The van der Waals surface area contributed by atoms with Crippen LogP contribution in [0.3, 0.4) is 0 Å². The molecule has 1 saturated heterocycles. The summed E-state index contributed by atoms with van der Waals surface area (Å²) >= 11 is 1.67. The van der Waals surface area contributed by atoms with E-state index in [1.807, 2.05) is 19.0 Å². The van der Waals surface area contributed by atoms with E-state index in [2.05, 4.69) is 27.0 Å². The van der Waals surface area contributed by atoms with Crippen molar-refractivity contribution in [1.82, 2.24) is 20.0 Å².